The molecule has 0 bridgehead atoms. The Balaban J connectivity index is 1.80. The summed E-state index contributed by atoms with van der Waals surface area (Å²) < 4.78 is 22.3. The highest BCUT2D eigenvalue weighted by atomic mass is 19.1. The molecule has 10 heteroatoms. The van der Waals surface area contributed by atoms with Crippen LogP contribution in [-0.2, 0) is 6.54 Å². The third-order valence-electron chi connectivity index (χ3n) is 4.67. The normalized spacial score (nSPS) is 12.1. The molecule has 0 saturated heterocycles. The number of rotatable bonds is 6. The van der Waals surface area contributed by atoms with Crippen LogP contribution in [0.5, 0.6) is 5.75 Å². The number of pyridine rings is 2. The molecular weight excluding hydrogens is 389 g/mol. The zero-order chi connectivity index (χ0) is 21.3. The van der Waals surface area contributed by atoms with Gasteiger partial charge in [-0.25, -0.2) is 13.6 Å². The molecule has 4 rings (SSSR count). The second kappa shape index (κ2) is 7.81. The molecule has 4 aromatic heterocycles. The second-order valence-corrected chi connectivity index (χ2v) is 6.61. The number of aliphatic hydroxyl groups is 1. The fourth-order valence-corrected chi connectivity index (χ4v) is 3.17. The van der Waals surface area contributed by atoms with Crippen molar-refractivity contribution in [3.8, 4) is 22.9 Å². The summed E-state index contributed by atoms with van der Waals surface area (Å²) in [5, 5.41) is 27.0. The lowest BCUT2D eigenvalue weighted by molar-refractivity contribution is 0.224. The Morgan fingerprint density at radius 1 is 1.30 bits per heavy atom. The molecular formula is C20H18FN7O2. The van der Waals surface area contributed by atoms with Crippen LogP contribution in [-0.4, -0.2) is 36.1 Å². The SMILES string of the molecule is C[C@@H](Oc1cc(-c2cnn(CCO)c2N)cn2ncc(C#N)c12)c1ccc(F)cn1. The van der Waals surface area contributed by atoms with Crippen LogP contribution in [0.1, 0.15) is 24.3 Å². The van der Waals surface area contributed by atoms with Crippen LogP contribution in [0.2, 0.25) is 0 Å². The molecule has 4 heterocycles. The number of ether oxygens (including phenoxy) is 1. The minimum atomic E-state index is -0.513. The summed E-state index contributed by atoms with van der Waals surface area (Å²) in [6.45, 7) is 1.95. The van der Waals surface area contributed by atoms with Crippen molar-refractivity contribution in [2.45, 2.75) is 19.6 Å². The van der Waals surface area contributed by atoms with Crippen molar-refractivity contribution >= 4 is 11.3 Å². The van der Waals surface area contributed by atoms with Gasteiger partial charge in [-0.3, -0.25) is 4.98 Å². The van der Waals surface area contributed by atoms with E-state index < -0.39 is 11.9 Å². The lowest BCUT2D eigenvalue weighted by Gasteiger charge is -2.16. The highest BCUT2D eigenvalue weighted by Crippen LogP contribution is 2.34. The van der Waals surface area contributed by atoms with E-state index in [0.29, 0.717) is 39.5 Å². The van der Waals surface area contributed by atoms with Crippen molar-refractivity contribution in [1.29, 1.82) is 5.26 Å². The molecule has 4 aromatic rings. The molecule has 0 unspecified atom stereocenters. The van der Waals surface area contributed by atoms with E-state index in [1.807, 2.05) is 0 Å². The van der Waals surface area contributed by atoms with Gasteiger partial charge in [0.15, 0.2) is 0 Å². The van der Waals surface area contributed by atoms with Gasteiger partial charge in [-0.15, -0.1) is 0 Å². The van der Waals surface area contributed by atoms with Crippen LogP contribution in [0, 0.1) is 17.1 Å². The number of fused-ring (bicyclic) bond motifs is 1. The average Bonchev–Trinajstić information content (AvgIpc) is 3.32. The highest BCUT2D eigenvalue weighted by molar-refractivity contribution is 5.79. The molecule has 1 atom stereocenters. The predicted molar refractivity (Wildman–Crippen MR) is 106 cm³/mol. The average molecular weight is 407 g/mol. The Bertz CT molecular complexity index is 1240. The van der Waals surface area contributed by atoms with Gasteiger partial charge in [0.25, 0.3) is 0 Å². The van der Waals surface area contributed by atoms with Crippen LogP contribution >= 0.6 is 0 Å². The van der Waals surface area contributed by atoms with E-state index in [-0.39, 0.29) is 13.2 Å². The fraction of sp³-hybridized carbons (Fsp3) is 0.200. The third kappa shape index (κ3) is 3.42. The van der Waals surface area contributed by atoms with E-state index in [0.717, 1.165) is 6.20 Å². The zero-order valence-corrected chi connectivity index (χ0v) is 16.0. The first-order valence-electron chi connectivity index (χ1n) is 9.14. The number of nitrogens with zero attached hydrogens (tertiary/aromatic N) is 6. The number of aliphatic hydroxyl groups excluding tert-OH is 1. The molecule has 0 fully saturated rings. The maximum atomic E-state index is 13.2. The van der Waals surface area contributed by atoms with Gasteiger partial charge in [-0.2, -0.15) is 15.5 Å². The van der Waals surface area contributed by atoms with E-state index in [1.165, 1.54) is 21.5 Å². The molecule has 3 N–H and O–H groups in total. The van der Waals surface area contributed by atoms with Gasteiger partial charge >= 0.3 is 0 Å². The lowest BCUT2D eigenvalue weighted by atomic mass is 10.1. The van der Waals surface area contributed by atoms with Gasteiger partial charge in [-0.1, -0.05) is 0 Å². The molecule has 30 heavy (non-hydrogen) atoms. The third-order valence-corrected chi connectivity index (χ3v) is 4.67. The summed E-state index contributed by atoms with van der Waals surface area (Å²) in [5.74, 6) is 0.345. The van der Waals surface area contributed by atoms with Crippen molar-refractivity contribution < 1.29 is 14.2 Å². The molecule has 0 radical (unpaired) electrons. The Morgan fingerprint density at radius 3 is 2.83 bits per heavy atom. The smallest absolute Gasteiger partial charge is 0.148 e. The van der Waals surface area contributed by atoms with Gasteiger partial charge in [0, 0.05) is 17.3 Å². The van der Waals surface area contributed by atoms with Gasteiger partial charge in [0.1, 0.15) is 40.6 Å². The van der Waals surface area contributed by atoms with E-state index in [2.05, 4.69) is 21.3 Å². The van der Waals surface area contributed by atoms with Gasteiger partial charge < -0.3 is 15.6 Å². The number of hydrogen-bond donors (Lipinski definition) is 2. The standard InChI is InChI=1S/C20H18FN7O2/c1-12(17-3-2-15(21)9-24-17)30-18-6-13(11-28-19(18)14(7-22)8-25-28)16-10-26-27(4-5-29)20(16)23/h2-3,6,8-12,29H,4-5,23H2,1H3/t12-/m1/s1. The van der Waals surface area contributed by atoms with Crippen molar-refractivity contribution in [3.05, 3.63) is 60.1 Å². The van der Waals surface area contributed by atoms with Gasteiger partial charge in [-0.05, 0) is 25.1 Å². The maximum absolute atomic E-state index is 13.2. The van der Waals surface area contributed by atoms with E-state index in [1.54, 1.807) is 31.5 Å². The molecule has 9 nitrogen and oxygen atoms in total. The zero-order valence-electron chi connectivity index (χ0n) is 16.0. The number of nitrogens with two attached hydrogens (primary N) is 1. The first kappa shape index (κ1) is 19.4. The Morgan fingerprint density at radius 2 is 2.13 bits per heavy atom. The number of hydrogen-bond acceptors (Lipinski definition) is 7. The summed E-state index contributed by atoms with van der Waals surface area (Å²) in [4.78, 5) is 4.06. The van der Waals surface area contributed by atoms with Crippen molar-refractivity contribution in [2.75, 3.05) is 12.3 Å². The molecule has 0 aliphatic heterocycles. The van der Waals surface area contributed by atoms with E-state index >= 15 is 0 Å². The molecule has 0 aliphatic carbocycles. The molecule has 0 aromatic carbocycles. The second-order valence-electron chi connectivity index (χ2n) is 6.61. The topological polar surface area (TPSA) is 127 Å². The fourth-order valence-electron chi connectivity index (χ4n) is 3.17. The van der Waals surface area contributed by atoms with Crippen molar-refractivity contribution in [2.24, 2.45) is 0 Å². The van der Waals surface area contributed by atoms with Crippen molar-refractivity contribution in [3.63, 3.8) is 0 Å². The van der Waals surface area contributed by atoms with Crippen molar-refractivity contribution in [1.82, 2.24) is 24.4 Å². The Hall–Kier alpha value is -3.97. The monoisotopic (exact) mass is 407 g/mol. The van der Waals surface area contributed by atoms with Gasteiger partial charge in [0.2, 0.25) is 0 Å². The van der Waals surface area contributed by atoms with E-state index in [9.17, 15) is 9.65 Å². The first-order chi connectivity index (χ1) is 14.5. The number of aromatic nitrogens is 5. The molecule has 0 spiro atoms. The van der Waals surface area contributed by atoms with Gasteiger partial charge in [0.05, 0.1) is 37.4 Å². The largest absolute Gasteiger partial charge is 0.482 e. The summed E-state index contributed by atoms with van der Waals surface area (Å²) in [5.41, 5.74) is 8.86. The number of anilines is 1. The summed E-state index contributed by atoms with van der Waals surface area (Å²) >= 11 is 0. The maximum Gasteiger partial charge on any atom is 0.148 e. The Kier molecular flexibility index (Phi) is 5.04. The van der Waals surface area contributed by atoms with Crippen LogP contribution < -0.4 is 10.5 Å². The van der Waals surface area contributed by atoms with E-state index in [4.69, 9.17) is 15.6 Å². The number of nitriles is 1. The van der Waals surface area contributed by atoms with Crippen LogP contribution in [0.4, 0.5) is 10.2 Å². The lowest BCUT2D eigenvalue weighted by Crippen LogP contribution is -2.08. The van der Waals surface area contributed by atoms with Crippen LogP contribution in [0.3, 0.4) is 0 Å². The predicted octanol–water partition coefficient (Wildman–Crippen LogP) is 2.32. The molecule has 152 valence electrons. The molecule has 0 saturated carbocycles. The summed E-state index contributed by atoms with van der Waals surface area (Å²) in [7, 11) is 0. The molecule has 0 amide bonds. The quantitative estimate of drug-likeness (QED) is 0.502. The highest BCUT2D eigenvalue weighted by Gasteiger charge is 2.19. The first-order valence-corrected chi connectivity index (χ1v) is 9.14. The number of halogens is 1. The number of nitrogen functional groups attached to an aromatic ring is 1. The minimum absolute atomic E-state index is 0.0917. The van der Waals surface area contributed by atoms with Crippen LogP contribution in [0.15, 0.2) is 43.0 Å². The van der Waals surface area contributed by atoms with Crippen LogP contribution in [0.25, 0.3) is 16.6 Å². The minimum Gasteiger partial charge on any atom is -0.482 e. The summed E-state index contributed by atoms with van der Waals surface area (Å²) in [6.07, 6.45) is 5.37. The summed E-state index contributed by atoms with van der Waals surface area (Å²) in [6, 6.07) is 6.70. The molecule has 0 aliphatic rings. The Labute approximate surface area is 170 Å².